The fourth-order valence-corrected chi connectivity index (χ4v) is 4.56. The van der Waals surface area contributed by atoms with Crippen LogP contribution in [-0.4, -0.2) is 53.6 Å². The van der Waals surface area contributed by atoms with Crippen LogP contribution in [0.4, 0.5) is 13.6 Å². The molecule has 1 aromatic rings. The maximum Gasteiger partial charge on any atom is 0.410 e. The van der Waals surface area contributed by atoms with Crippen molar-refractivity contribution in [2.24, 2.45) is 5.73 Å². The van der Waals surface area contributed by atoms with Gasteiger partial charge in [-0.25, -0.2) is 13.6 Å². The Morgan fingerprint density at radius 1 is 1.03 bits per heavy atom. The van der Waals surface area contributed by atoms with Crippen LogP contribution in [-0.2, 0) is 10.3 Å². The zero-order chi connectivity index (χ0) is 22.2. The van der Waals surface area contributed by atoms with E-state index < -0.39 is 17.1 Å². The minimum absolute atomic E-state index is 0.0666. The molecule has 168 valence electrons. The zero-order valence-corrected chi connectivity index (χ0v) is 18.6. The van der Waals surface area contributed by atoms with Crippen LogP contribution in [0.3, 0.4) is 0 Å². The third-order valence-electron chi connectivity index (χ3n) is 6.32. The van der Waals surface area contributed by atoms with Gasteiger partial charge in [-0.05, 0) is 51.7 Å². The van der Waals surface area contributed by atoms with Gasteiger partial charge in [-0.1, -0.05) is 24.3 Å². The number of benzene rings is 1. The number of rotatable bonds is 3. The first-order valence-electron chi connectivity index (χ1n) is 10.9. The maximum absolute atomic E-state index is 14.0. The third kappa shape index (κ3) is 5.11. The number of amides is 1. The van der Waals surface area contributed by atoms with Crippen molar-refractivity contribution in [2.45, 2.75) is 76.5 Å². The van der Waals surface area contributed by atoms with Crippen LogP contribution in [0.2, 0.25) is 0 Å². The number of piperazine rings is 1. The predicted octanol–water partition coefficient (Wildman–Crippen LogP) is 4.66. The number of nitrogens with zero attached hydrogens (tertiary/aromatic N) is 2. The summed E-state index contributed by atoms with van der Waals surface area (Å²) in [7, 11) is 0. The van der Waals surface area contributed by atoms with E-state index >= 15 is 0 Å². The lowest BCUT2D eigenvalue weighted by Gasteiger charge is -2.51. The number of alkyl halides is 2. The SMILES string of the molecule is C[C@H](N)c1ccc(C2(N3CCN(C(=O)OC(C)(C)C)CC3)CCC(F)(F)CC2)cc1. The van der Waals surface area contributed by atoms with E-state index in [1.165, 1.54) is 0 Å². The highest BCUT2D eigenvalue weighted by molar-refractivity contribution is 5.68. The monoisotopic (exact) mass is 423 g/mol. The van der Waals surface area contributed by atoms with E-state index in [2.05, 4.69) is 4.90 Å². The molecule has 1 aliphatic carbocycles. The third-order valence-corrected chi connectivity index (χ3v) is 6.32. The Morgan fingerprint density at radius 3 is 2.03 bits per heavy atom. The molecule has 1 aliphatic heterocycles. The summed E-state index contributed by atoms with van der Waals surface area (Å²) in [5.41, 5.74) is 7.11. The minimum Gasteiger partial charge on any atom is -0.444 e. The quantitative estimate of drug-likeness (QED) is 0.768. The lowest BCUT2D eigenvalue weighted by molar-refractivity contribution is -0.0924. The van der Waals surface area contributed by atoms with Gasteiger partial charge in [-0.15, -0.1) is 0 Å². The molecule has 1 saturated carbocycles. The van der Waals surface area contributed by atoms with Gasteiger partial charge in [-0.3, -0.25) is 4.90 Å². The van der Waals surface area contributed by atoms with Gasteiger partial charge in [0.2, 0.25) is 5.92 Å². The topological polar surface area (TPSA) is 58.8 Å². The highest BCUT2D eigenvalue weighted by Crippen LogP contribution is 2.47. The van der Waals surface area contributed by atoms with Crippen LogP contribution in [0, 0.1) is 0 Å². The van der Waals surface area contributed by atoms with Crippen molar-refractivity contribution in [2.75, 3.05) is 26.2 Å². The average Bonchev–Trinajstić information content (AvgIpc) is 2.67. The molecular formula is C23H35F2N3O2. The first-order chi connectivity index (χ1) is 13.9. The second-order valence-corrected chi connectivity index (χ2v) is 9.75. The largest absolute Gasteiger partial charge is 0.444 e. The molecule has 0 spiro atoms. The van der Waals surface area contributed by atoms with Crippen molar-refractivity contribution in [3.05, 3.63) is 35.4 Å². The molecule has 0 unspecified atom stereocenters. The van der Waals surface area contributed by atoms with Gasteiger partial charge < -0.3 is 15.4 Å². The maximum atomic E-state index is 14.0. The van der Waals surface area contributed by atoms with E-state index in [1.807, 2.05) is 52.0 Å². The number of carbonyl (C=O) groups is 1. The summed E-state index contributed by atoms with van der Waals surface area (Å²) < 4.78 is 33.5. The van der Waals surface area contributed by atoms with E-state index in [4.69, 9.17) is 10.5 Å². The van der Waals surface area contributed by atoms with Crippen LogP contribution in [0.5, 0.6) is 0 Å². The second-order valence-electron chi connectivity index (χ2n) is 9.75. The van der Waals surface area contributed by atoms with E-state index in [9.17, 15) is 13.6 Å². The molecule has 0 bridgehead atoms. The summed E-state index contributed by atoms with van der Waals surface area (Å²) in [5, 5.41) is 0. The van der Waals surface area contributed by atoms with Crippen molar-refractivity contribution in [1.29, 1.82) is 0 Å². The van der Waals surface area contributed by atoms with Crippen molar-refractivity contribution >= 4 is 6.09 Å². The average molecular weight is 424 g/mol. The number of hydrogen-bond acceptors (Lipinski definition) is 4. The molecule has 1 amide bonds. The molecular weight excluding hydrogens is 388 g/mol. The fraction of sp³-hybridized carbons (Fsp3) is 0.696. The summed E-state index contributed by atoms with van der Waals surface area (Å²) in [6.45, 7) is 9.83. The lowest BCUT2D eigenvalue weighted by atomic mass is 9.73. The van der Waals surface area contributed by atoms with Gasteiger partial charge in [0.15, 0.2) is 0 Å². The lowest BCUT2D eigenvalue weighted by Crippen LogP contribution is -2.58. The summed E-state index contributed by atoms with van der Waals surface area (Å²) in [4.78, 5) is 16.4. The Bertz CT molecular complexity index is 726. The van der Waals surface area contributed by atoms with Crippen LogP contribution in [0.1, 0.15) is 70.5 Å². The fourth-order valence-electron chi connectivity index (χ4n) is 4.56. The predicted molar refractivity (Wildman–Crippen MR) is 114 cm³/mol. The van der Waals surface area contributed by atoms with Gasteiger partial charge in [0, 0.05) is 50.6 Å². The summed E-state index contributed by atoms with van der Waals surface area (Å²) >= 11 is 0. The first kappa shape index (κ1) is 22.9. The Kier molecular flexibility index (Phi) is 6.44. The number of ether oxygens (including phenoxy) is 1. The highest BCUT2D eigenvalue weighted by atomic mass is 19.3. The highest BCUT2D eigenvalue weighted by Gasteiger charge is 2.48. The molecule has 0 radical (unpaired) electrons. The normalized spacial score (nSPS) is 23.1. The molecule has 3 rings (SSSR count). The van der Waals surface area contributed by atoms with Gasteiger partial charge in [0.25, 0.3) is 0 Å². The Hall–Kier alpha value is -1.73. The summed E-state index contributed by atoms with van der Waals surface area (Å²) in [6, 6.07) is 8.03. The molecule has 30 heavy (non-hydrogen) atoms. The Morgan fingerprint density at radius 2 is 1.57 bits per heavy atom. The van der Waals surface area contributed by atoms with E-state index in [0.29, 0.717) is 39.0 Å². The van der Waals surface area contributed by atoms with E-state index in [0.717, 1.165) is 11.1 Å². The van der Waals surface area contributed by atoms with Crippen molar-refractivity contribution in [3.63, 3.8) is 0 Å². The van der Waals surface area contributed by atoms with Gasteiger partial charge in [-0.2, -0.15) is 0 Å². The van der Waals surface area contributed by atoms with Crippen LogP contribution < -0.4 is 5.73 Å². The Balaban J connectivity index is 1.78. The number of nitrogens with two attached hydrogens (primary N) is 1. The van der Waals surface area contributed by atoms with E-state index in [-0.39, 0.29) is 25.0 Å². The molecule has 5 nitrogen and oxygen atoms in total. The number of halogens is 2. The number of hydrogen-bond donors (Lipinski definition) is 1. The molecule has 1 atom stereocenters. The standard InChI is InChI=1S/C23H35F2N3O2/c1-17(26)18-5-7-19(8-6-18)22(9-11-23(24,25)12-10-22)28-15-13-27(14-16-28)20(29)30-21(2,3)4/h5-8,17H,9-16,26H2,1-4H3/t17-/m0/s1. The first-order valence-corrected chi connectivity index (χ1v) is 10.9. The van der Waals surface area contributed by atoms with Crippen LogP contribution in [0.15, 0.2) is 24.3 Å². The van der Waals surface area contributed by atoms with Crippen LogP contribution in [0.25, 0.3) is 0 Å². The molecule has 0 aromatic heterocycles. The molecule has 2 aliphatic rings. The number of carbonyl (C=O) groups excluding carboxylic acids is 1. The minimum atomic E-state index is -2.60. The molecule has 1 aromatic carbocycles. The molecule has 7 heteroatoms. The van der Waals surface area contributed by atoms with Gasteiger partial charge in [0.1, 0.15) is 5.60 Å². The van der Waals surface area contributed by atoms with E-state index in [1.54, 1.807) is 4.90 Å². The molecule has 2 N–H and O–H groups in total. The molecule has 1 heterocycles. The van der Waals surface area contributed by atoms with Crippen molar-refractivity contribution < 1.29 is 18.3 Å². The van der Waals surface area contributed by atoms with Crippen molar-refractivity contribution in [3.8, 4) is 0 Å². The molecule has 2 fully saturated rings. The van der Waals surface area contributed by atoms with Gasteiger partial charge >= 0.3 is 6.09 Å². The smallest absolute Gasteiger partial charge is 0.410 e. The van der Waals surface area contributed by atoms with Crippen molar-refractivity contribution in [1.82, 2.24) is 9.80 Å². The molecule has 1 saturated heterocycles. The second kappa shape index (κ2) is 8.42. The van der Waals surface area contributed by atoms with Crippen LogP contribution >= 0.6 is 0 Å². The summed E-state index contributed by atoms with van der Waals surface area (Å²) in [6.07, 6.45) is 0.268. The zero-order valence-electron chi connectivity index (χ0n) is 18.6. The Labute approximate surface area is 178 Å². The summed E-state index contributed by atoms with van der Waals surface area (Å²) in [5.74, 6) is -2.60. The van der Waals surface area contributed by atoms with Gasteiger partial charge in [0.05, 0.1) is 0 Å².